The SMILES string of the molecule is Cc1cc(N(CCNC(=O)c2ccco2)S(C)(=O)=O)no1. The zero-order chi connectivity index (χ0) is 15.5. The molecule has 0 radical (unpaired) electrons. The molecular formula is C12H15N3O5S. The molecule has 0 aromatic carbocycles. The molecule has 0 spiro atoms. The first-order chi connectivity index (χ1) is 9.88. The Labute approximate surface area is 121 Å². The number of rotatable bonds is 6. The number of carbonyl (C=O) groups excluding carboxylic acids is 1. The van der Waals surface area contributed by atoms with E-state index >= 15 is 0 Å². The highest BCUT2D eigenvalue weighted by Gasteiger charge is 2.21. The van der Waals surface area contributed by atoms with Crippen molar-refractivity contribution >= 4 is 21.7 Å². The Balaban J connectivity index is 1.99. The molecule has 1 amide bonds. The third-order valence-electron chi connectivity index (χ3n) is 2.62. The van der Waals surface area contributed by atoms with E-state index in [0.29, 0.717) is 5.76 Å². The second-order valence-corrected chi connectivity index (χ2v) is 6.27. The molecule has 0 atom stereocenters. The van der Waals surface area contributed by atoms with E-state index in [4.69, 9.17) is 8.94 Å². The Hall–Kier alpha value is -2.29. The number of nitrogens with zero attached hydrogens (tertiary/aromatic N) is 2. The Bertz CT molecular complexity index is 705. The Morgan fingerprint density at radius 1 is 1.48 bits per heavy atom. The molecule has 0 aliphatic heterocycles. The number of hydrogen-bond donors (Lipinski definition) is 1. The molecule has 0 saturated heterocycles. The summed E-state index contributed by atoms with van der Waals surface area (Å²) >= 11 is 0. The minimum atomic E-state index is -3.52. The molecule has 21 heavy (non-hydrogen) atoms. The molecule has 0 unspecified atom stereocenters. The summed E-state index contributed by atoms with van der Waals surface area (Å²) in [6.07, 6.45) is 2.45. The van der Waals surface area contributed by atoms with Gasteiger partial charge >= 0.3 is 0 Å². The van der Waals surface area contributed by atoms with Gasteiger partial charge in [-0.25, -0.2) is 12.7 Å². The van der Waals surface area contributed by atoms with E-state index in [1.54, 1.807) is 13.0 Å². The lowest BCUT2D eigenvalue weighted by Gasteiger charge is -2.18. The summed E-state index contributed by atoms with van der Waals surface area (Å²) in [6, 6.07) is 4.62. The molecule has 0 bridgehead atoms. The number of sulfonamides is 1. The van der Waals surface area contributed by atoms with E-state index in [1.807, 2.05) is 0 Å². The molecule has 2 aromatic rings. The van der Waals surface area contributed by atoms with Crippen LogP contribution >= 0.6 is 0 Å². The van der Waals surface area contributed by atoms with Gasteiger partial charge < -0.3 is 14.3 Å². The van der Waals surface area contributed by atoms with E-state index in [-0.39, 0.29) is 24.7 Å². The van der Waals surface area contributed by atoms with E-state index in [9.17, 15) is 13.2 Å². The first-order valence-corrected chi connectivity index (χ1v) is 7.95. The monoisotopic (exact) mass is 313 g/mol. The highest BCUT2D eigenvalue weighted by molar-refractivity contribution is 7.92. The zero-order valence-electron chi connectivity index (χ0n) is 11.6. The molecule has 114 valence electrons. The van der Waals surface area contributed by atoms with Crippen molar-refractivity contribution in [3.05, 3.63) is 36.0 Å². The number of carbonyl (C=O) groups is 1. The van der Waals surface area contributed by atoms with Crippen LogP contribution in [0.15, 0.2) is 33.4 Å². The Kier molecular flexibility index (Phi) is 4.32. The fourth-order valence-corrected chi connectivity index (χ4v) is 2.54. The van der Waals surface area contributed by atoms with E-state index in [1.165, 1.54) is 18.4 Å². The molecule has 2 heterocycles. The maximum absolute atomic E-state index is 11.8. The van der Waals surface area contributed by atoms with Crippen LogP contribution in [-0.4, -0.2) is 38.8 Å². The van der Waals surface area contributed by atoms with Crippen LogP contribution in [0, 0.1) is 6.92 Å². The van der Waals surface area contributed by atoms with Crippen LogP contribution in [0.25, 0.3) is 0 Å². The number of amides is 1. The predicted octanol–water partition coefficient (Wildman–Crippen LogP) is 0.772. The molecule has 2 rings (SSSR count). The summed E-state index contributed by atoms with van der Waals surface area (Å²) in [5, 5.41) is 6.24. The predicted molar refractivity (Wildman–Crippen MR) is 74.5 cm³/mol. The first-order valence-electron chi connectivity index (χ1n) is 6.10. The second kappa shape index (κ2) is 6.00. The van der Waals surface area contributed by atoms with Gasteiger partial charge in [-0.1, -0.05) is 5.16 Å². The van der Waals surface area contributed by atoms with Crippen LogP contribution < -0.4 is 9.62 Å². The maximum Gasteiger partial charge on any atom is 0.287 e. The average Bonchev–Trinajstić information content (AvgIpc) is 3.04. The summed E-state index contributed by atoms with van der Waals surface area (Å²) in [7, 11) is -3.52. The topological polar surface area (TPSA) is 106 Å². The standard InChI is InChI=1S/C12H15N3O5S/c1-9-8-11(14-20-9)15(21(2,17)18)6-5-13-12(16)10-4-3-7-19-10/h3-4,7-8H,5-6H2,1-2H3,(H,13,16). The van der Waals surface area contributed by atoms with Crippen molar-refractivity contribution in [3.63, 3.8) is 0 Å². The van der Waals surface area contributed by atoms with Crippen LogP contribution in [-0.2, 0) is 10.0 Å². The Morgan fingerprint density at radius 3 is 2.76 bits per heavy atom. The molecule has 2 aromatic heterocycles. The highest BCUT2D eigenvalue weighted by Crippen LogP contribution is 2.16. The van der Waals surface area contributed by atoms with Crippen LogP contribution in [0.5, 0.6) is 0 Å². The van der Waals surface area contributed by atoms with Crippen molar-refractivity contribution in [2.45, 2.75) is 6.92 Å². The molecule has 0 fully saturated rings. The van der Waals surface area contributed by atoms with Gasteiger partial charge in [0, 0.05) is 12.6 Å². The molecule has 0 aliphatic carbocycles. The fraction of sp³-hybridized carbons (Fsp3) is 0.333. The minimum absolute atomic E-state index is 0.0389. The number of furan rings is 1. The lowest BCUT2D eigenvalue weighted by molar-refractivity contribution is 0.0927. The van der Waals surface area contributed by atoms with Gasteiger partial charge in [0.1, 0.15) is 5.76 Å². The van der Waals surface area contributed by atoms with Crippen LogP contribution in [0.2, 0.25) is 0 Å². The number of hydrogen-bond acceptors (Lipinski definition) is 6. The van der Waals surface area contributed by atoms with Crippen LogP contribution in [0.3, 0.4) is 0 Å². The fourth-order valence-electron chi connectivity index (χ4n) is 1.69. The van der Waals surface area contributed by atoms with Crippen LogP contribution in [0.1, 0.15) is 16.3 Å². The molecule has 0 saturated carbocycles. The largest absolute Gasteiger partial charge is 0.459 e. The van der Waals surface area contributed by atoms with Crippen molar-refractivity contribution < 1.29 is 22.2 Å². The third-order valence-corrected chi connectivity index (χ3v) is 3.79. The Morgan fingerprint density at radius 2 is 2.24 bits per heavy atom. The molecule has 1 N–H and O–H groups in total. The average molecular weight is 313 g/mol. The zero-order valence-corrected chi connectivity index (χ0v) is 12.4. The van der Waals surface area contributed by atoms with Crippen molar-refractivity contribution in [3.8, 4) is 0 Å². The van der Waals surface area contributed by atoms with E-state index < -0.39 is 15.9 Å². The van der Waals surface area contributed by atoms with E-state index in [0.717, 1.165) is 10.6 Å². The first kappa shape index (κ1) is 15.1. The smallest absolute Gasteiger partial charge is 0.287 e. The van der Waals surface area contributed by atoms with Gasteiger partial charge in [0.15, 0.2) is 11.6 Å². The summed E-state index contributed by atoms with van der Waals surface area (Å²) in [4.78, 5) is 11.7. The molecule has 9 heteroatoms. The highest BCUT2D eigenvalue weighted by atomic mass is 32.2. The van der Waals surface area contributed by atoms with Crippen molar-refractivity contribution in [2.24, 2.45) is 0 Å². The van der Waals surface area contributed by atoms with Gasteiger partial charge in [-0.15, -0.1) is 0 Å². The summed E-state index contributed by atoms with van der Waals surface area (Å²) in [5.74, 6) is 0.434. The van der Waals surface area contributed by atoms with Gasteiger partial charge in [0.05, 0.1) is 19.1 Å². The van der Waals surface area contributed by atoms with Gasteiger partial charge in [-0.05, 0) is 19.1 Å². The van der Waals surface area contributed by atoms with Gasteiger partial charge in [0.2, 0.25) is 10.0 Å². The summed E-state index contributed by atoms with van der Waals surface area (Å²) in [6.45, 7) is 1.81. The molecule has 0 aliphatic rings. The van der Waals surface area contributed by atoms with Crippen LogP contribution in [0.4, 0.5) is 5.82 Å². The normalized spacial score (nSPS) is 11.3. The lowest BCUT2D eigenvalue weighted by Crippen LogP contribution is -2.38. The number of aryl methyl sites for hydroxylation is 1. The van der Waals surface area contributed by atoms with Gasteiger partial charge in [-0.3, -0.25) is 4.79 Å². The third kappa shape index (κ3) is 3.85. The quantitative estimate of drug-likeness (QED) is 0.844. The maximum atomic E-state index is 11.8. The molecular weight excluding hydrogens is 298 g/mol. The van der Waals surface area contributed by atoms with Crippen molar-refractivity contribution in [2.75, 3.05) is 23.7 Å². The van der Waals surface area contributed by atoms with E-state index in [2.05, 4.69) is 10.5 Å². The second-order valence-electron chi connectivity index (χ2n) is 4.36. The van der Waals surface area contributed by atoms with Crippen molar-refractivity contribution in [1.82, 2.24) is 10.5 Å². The number of aromatic nitrogens is 1. The summed E-state index contributed by atoms with van der Waals surface area (Å²) in [5.41, 5.74) is 0. The van der Waals surface area contributed by atoms with Gasteiger partial charge in [0.25, 0.3) is 5.91 Å². The van der Waals surface area contributed by atoms with Crippen molar-refractivity contribution in [1.29, 1.82) is 0 Å². The lowest BCUT2D eigenvalue weighted by atomic mass is 10.4. The summed E-state index contributed by atoms with van der Waals surface area (Å²) < 4.78 is 34.4. The molecule has 8 nitrogen and oxygen atoms in total. The minimum Gasteiger partial charge on any atom is -0.459 e. The number of anilines is 1. The van der Waals surface area contributed by atoms with Gasteiger partial charge in [-0.2, -0.15) is 0 Å². The number of nitrogens with one attached hydrogen (secondary N) is 1.